The minimum Gasteiger partial charge on any atom is -0.310 e. The molecule has 0 bridgehead atoms. The van der Waals surface area contributed by atoms with Gasteiger partial charge in [-0.25, -0.2) is 0 Å². The van der Waals surface area contributed by atoms with Crippen molar-refractivity contribution < 1.29 is 0 Å². The predicted molar refractivity (Wildman–Crippen MR) is 591 cm³/mol. The predicted octanol–water partition coefficient (Wildman–Crippen LogP) is 35.2. The molecule has 2 spiro atoms. The summed E-state index contributed by atoms with van der Waals surface area (Å²) >= 11 is 0. The maximum atomic E-state index is 2.49. The first-order valence-corrected chi connectivity index (χ1v) is 49.5. The highest BCUT2D eigenvalue weighted by atomic mass is 15.2. The minimum atomic E-state index is -0.628. The Morgan fingerprint density at radius 1 is 0.169 bits per heavy atom. The number of benzene rings is 22. The SMILES string of the molecule is CC1(C)c2ccccc2C2(c3ccccc3-c3c(N(c4ccc(-c5ccccc5)cc4)c4ccc(-c5ccc6c(c5)c5ccccc5n6-c5ccccc5)cc4)cccc32)c2ccccc21.c1ccc(-c2ccc(N(c3ccc(-c4ccc5c(c4)c4ccccc4n5-c4ccccc4)cc3)c3cccc4c3-c3ccccc3C43c4ccccc4C(c4ccccc4)(c4ccccc4)c4ccccc43)cc2)cc1. The number of aromatic nitrogens is 2. The molecule has 0 saturated carbocycles. The van der Waals surface area contributed by atoms with E-state index in [4.69, 9.17) is 0 Å². The normalized spacial score (nSPS) is 13.6. The van der Waals surface area contributed by atoms with Gasteiger partial charge in [0.2, 0.25) is 0 Å². The van der Waals surface area contributed by atoms with Crippen LogP contribution in [0.1, 0.15) is 91.7 Å². The number of fused-ring (bicyclic) bond motifs is 24. The van der Waals surface area contributed by atoms with Gasteiger partial charge in [0.1, 0.15) is 0 Å². The van der Waals surface area contributed by atoms with Crippen LogP contribution >= 0.6 is 0 Å². The fraction of sp³-hybridized carbons (Fsp3) is 0.0435. The lowest BCUT2D eigenvalue weighted by Gasteiger charge is -2.50. The fourth-order valence-electron chi connectivity index (χ4n) is 25.2. The molecule has 4 heteroatoms. The van der Waals surface area contributed by atoms with E-state index in [-0.39, 0.29) is 5.41 Å². The van der Waals surface area contributed by atoms with E-state index < -0.39 is 16.2 Å². The van der Waals surface area contributed by atoms with E-state index in [0.29, 0.717) is 0 Å². The number of hydrogen-bond acceptors (Lipinski definition) is 2. The molecular formula is C138H96N4. The summed E-state index contributed by atoms with van der Waals surface area (Å²) in [6.07, 6.45) is 0. The van der Waals surface area contributed by atoms with Crippen LogP contribution in [0.15, 0.2) is 546 Å². The summed E-state index contributed by atoms with van der Waals surface area (Å²) in [6, 6.07) is 203. The molecule has 28 rings (SSSR count). The van der Waals surface area contributed by atoms with Gasteiger partial charge in [0, 0.05) is 72.2 Å². The monoisotopic (exact) mass is 1810 g/mol. The Balaban J connectivity index is 0.000000143. The average Bonchev–Trinajstić information content (AvgIpc) is 1.47. The molecule has 4 aliphatic carbocycles. The molecule has 668 valence electrons. The summed E-state index contributed by atoms with van der Waals surface area (Å²) in [5, 5.41) is 4.99. The van der Waals surface area contributed by atoms with Gasteiger partial charge in [-0.2, -0.15) is 0 Å². The Labute approximate surface area is 828 Å². The van der Waals surface area contributed by atoms with Gasteiger partial charge in [-0.15, -0.1) is 0 Å². The standard InChI is InChI=1S/C74H50N2.C64H46N2/c1-5-22-51(23-6-1)52-40-45-58(46-41-52)75(59-47-42-53(43-48-59)54-44-49-70-62(50-54)60-30-14-20-38-69(60)76(70)57-28-11-4-12-29-57)71-39-21-37-68-72(71)61-31-13-15-32-63(61)74(68)66-35-18-16-33-64(66)73(55-24-7-2-8-25-55,56-26-9-3-10-27-56)65-34-17-19-36-67(65)74;1-63(2)54-25-12-14-27-56(54)64(57-28-15-13-26-55(57)63)53-24-11-9-23-51(53)62-58(64)29-17-31-61(62)65(48-37-32-44(33-38-48)43-18-5-3-6-19-43)49-39-34-45(35-40-49)46-36-41-60-52(42-46)50-22-10-16-30-59(50)66(60)47-20-7-4-8-21-47/h1-50H;3-42H,1-2H3. The molecule has 24 aromatic rings. The third-order valence-electron chi connectivity index (χ3n) is 31.2. The molecule has 22 aromatic carbocycles. The van der Waals surface area contributed by atoms with Gasteiger partial charge in [-0.3, -0.25) is 0 Å². The Morgan fingerprint density at radius 3 is 0.768 bits per heavy atom. The molecule has 0 N–H and O–H groups in total. The van der Waals surface area contributed by atoms with E-state index in [1.54, 1.807) is 0 Å². The van der Waals surface area contributed by atoms with E-state index in [1.165, 1.54) is 194 Å². The highest BCUT2D eigenvalue weighted by Gasteiger charge is 2.58. The van der Waals surface area contributed by atoms with Crippen molar-refractivity contribution in [2.45, 2.75) is 35.5 Å². The first-order chi connectivity index (χ1) is 70.2. The zero-order valence-electron chi connectivity index (χ0n) is 78.8. The van der Waals surface area contributed by atoms with Crippen LogP contribution in [0.25, 0.3) is 122 Å². The second-order valence-corrected chi connectivity index (χ2v) is 38.7. The Bertz CT molecular complexity index is 8870. The molecule has 0 radical (unpaired) electrons. The average molecular weight is 1810 g/mol. The van der Waals surface area contributed by atoms with E-state index in [1.807, 2.05) is 0 Å². The maximum Gasteiger partial charge on any atom is 0.0720 e. The van der Waals surface area contributed by atoms with Crippen molar-refractivity contribution in [3.05, 3.63) is 624 Å². The lowest BCUT2D eigenvalue weighted by molar-refractivity contribution is 0.563. The summed E-state index contributed by atoms with van der Waals surface area (Å²) in [4.78, 5) is 4.97. The third kappa shape index (κ3) is 12.6. The van der Waals surface area contributed by atoms with Crippen LogP contribution in [0.3, 0.4) is 0 Å². The quantitative estimate of drug-likeness (QED) is 0.108. The van der Waals surface area contributed by atoms with E-state index >= 15 is 0 Å². The van der Waals surface area contributed by atoms with Crippen LogP contribution in [-0.2, 0) is 21.7 Å². The van der Waals surface area contributed by atoms with Crippen molar-refractivity contribution in [1.29, 1.82) is 0 Å². The summed E-state index contributed by atoms with van der Waals surface area (Å²) in [5.74, 6) is 0. The molecule has 2 aromatic heterocycles. The Kier molecular flexibility index (Phi) is 19.7. The van der Waals surface area contributed by atoms with Crippen molar-refractivity contribution in [1.82, 2.24) is 9.13 Å². The lowest BCUT2D eigenvalue weighted by Crippen LogP contribution is -2.44. The zero-order valence-corrected chi connectivity index (χ0v) is 78.8. The third-order valence-corrected chi connectivity index (χ3v) is 31.2. The Hall–Kier alpha value is -18.0. The molecule has 142 heavy (non-hydrogen) atoms. The van der Waals surface area contributed by atoms with Crippen molar-refractivity contribution in [2.75, 3.05) is 9.80 Å². The van der Waals surface area contributed by atoms with E-state index in [9.17, 15) is 0 Å². The van der Waals surface area contributed by atoms with Gasteiger partial charge in [-0.1, -0.05) is 438 Å². The summed E-state index contributed by atoms with van der Waals surface area (Å²) in [5.41, 5.74) is 44.9. The molecule has 0 atom stereocenters. The Morgan fingerprint density at radius 2 is 0.415 bits per heavy atom. The van der Waals surface area contributed by atoms with Crippen molar-refractivity contribution in [3.63, 3.8) is 0 Å². The first kappa shape index (κ1) is 83.4. The first-order valence-electron chi connectivity index (χ1n) is 49.5. The lowest BCUT2D eigenvalue weighted by atomic mass is 9.51. The van der Waals surface area contributed by atoms with Gasteiger partial charge in [-0.05, 0) is 255 Å². The number of para-hydroxylation sites is 4. The largest absolute Gasteiger partial charge is 0.310 e. The molecule has 0 unspecified atom stereocenters. The zero-order chi connectivity index (χ0) is 94.2. The second kappa shape index (κ2) is 33.5. The van der Waals surface area contributed by atoms with E-state index in [2.05, 4.69) is 579 Å². The van der Waals surface area contributed by atoms with Gasteiger partial charge >= 0.3 is 0 Å². The van der Waals surface area contributed by atoms with Gasteiger partial charge in [0.15, 0.2) is 0 Å². The number of hydrogen-bond donors (Lipinski definition) is 0. The smallest absolute Gasteiger partial charge is 0.0720 e. The van der Waals surface area contributed by atoms with Gasteiger partial charge in [0.05, 0.1) is 49.7 Å². The van der Waals surface area contributed by atoms with Crippen LogP contribution in [0.4, 0.5) is 34.1 Å². The summed E-state index contributed by atoms with van der Waals surface area (Å²) < 4.78 is 4.76. The summed E-state index contributed by atoms with van der Waals surface area (Å²) in [7, 11) is 0. The second-order valence-electron chi connectivity index (χ2n) is 38.7. The van der Waals surface area contributed by atoms with Crippen LogP contribution < -0.4 is 9.80 Å². The summed E-state index contributed by atoms with van der Waals surface area (Å²) in [6.45, 7) is 4.78. The van der Waals surface area contributed by atoms with Crippen LogP contribution in [-0.4, -0.2) is 9.13 Å². The van der Waals surface area contributed by atoms with Gasteiger partial charge in [0.25, 0.3) is 0 Å². The molecule has 0 saturated heterocycles. The number of rotatable bonds is 14. The molecule has 0 aliphatic heterocycles. The van der Waals surface area contributed by atoms with Gasteiger partial charge < -0.3 is 18.9 Å². The minimum absolute atomic E-state index is 0.161. The van der Waals surface area contributed by atoms with Crippen LogP contribution in [0, 0.1) is 0 Å². The molecule has 0 fully saturated rings. The number of nitrogens with zero attached hydrogens (tertiary/aromatic N) is 4. The fourth-order valence-corrected chi connectivity index (χ4v) is 25.2. The van der Waals surface area contributed by atoms with Crippen LogP contribution in [0.2, 0.25) is 0 Å². The number of anilines is 6. The maximum absolute atomic E-state index is 2.49. The van der Waals surface area contributed by atoms with Crippen molar-refractivity contribution in [3.8, 4) is 78.1 Å². The molecule has 0 amide bonds. The molecule has 4 aliphatic rings. The molecule has 4 nitrogen and oxygen atoms in total. The topological polar surface area (TPSA) is 16.3 Å². The van der Waals surface area contributed by atoms with E-state index in [0.717, 1.165) is 39.8 Å². The molecule has 2 heterocycles. The highest BCUT2D eigenvalue weighted by Crippen LogP contribution is 2.68. The van der Waals surface area contributed by atoms with Crippen LogP contribution in [0.5, 0.6) is 0 Å². The van der Waals surface area contributed by atoms with Crippen molar-refractivity contribution in [2.24, 2.45) is 0 Å². The molecular weight excluding hydrogens is 1710 g/mol. The highest BCUT2D eigenvalue weighted by molar-refractivity contribution is 6.12. The van der Waals surface area contributed by atoms with Crippen molar-refractivity contribution >= 4 is 77.7 Å².